The molecule has 0 heterocycles. The highest BCUT2D eigenvalue weighted by Gasteiger charge is 2.27. The van der Waals surface area contributed by atoms with Gasteiger partial charge in [-0.3, -0.25) is 0 Å². The SMILES string of the molecule is CC(C)(C)OC(=O)N[C@H](c1ccc(Cl)cc1)C(O)c1ccc(Cl)cc1. The van der Waals surface area contributed by atoms with Crippen molar-refractivity contribution < 1.29 is 14.6 Å². The molecule has 2 atom stereocenters. The molecule has 2 aromatic rings. The second-order valence-electron chi connectivity index (χ2n) is 6.67. The van der Waals surface area contributed by atoms with E-state index in [0.29, 0.717) is 21.2 Å². The molecule has 6 heteroatoms. The molecule has 0 aliphatic heterocycles. The first-order valence-electron chi connectivity index (χ1n) is 7.84. The molecule has 0 fully saturated rings. The summed E-state index contributed by atoms with van der Waals surface area (Å²) in [5.74, 6) is 0. The van der Waals surface area contributed by atoms with Gasteiger partial charge < -0.3 is 15.2 Å². The van der Waals surface area contributed by atoms with Gasteiger partial charge in [0, 0.05) is 10.0 Å². The van der Waals surface area contributed by atoms with Crippen molar-refractivity contribution in [2.75, 3.05) is 0 Å². The third-order valence-corrected chi connectivity index (χ3v) is 3.93. The maximum absolute atomic E-state index is 12.2. The molecule has 1 amide bonds. The Kier molecular flexibility index (Phi) is 6.33. The molecule has 0 saturated heterocycles. The fraction of sp³-hybridized carbons (Fsp3) is 0.316. The molecule has 4 nitrogen and oxygen atoms in total. The number of aliphatic hydroxyl groups excluding tert-OH is 1. The summed E-state index contributed by atoms with van der Waals surface area (Å²) in [6.07, 6.45) is -1.59. The highest BCUT2D eigenvalue weighted by Crippen LogP contribution is 2.30. The van der Waals surface area contributed by atoms with Gasteiger partial charge in [0.25, 0.3) is 0 Å². The van der Waals surface area contributed by atoms with Crippen LogP contribution in [0.15, 0.2) is 48.5 Å². The number of hydrogen-bond acceptors (Lipinski definition) is 3. The Labute approximate surface area is 157 Å². The Hall–Kier alpha value is -1.75. The lowest BCUT2D eigenvalue weighted by Crippen LogP contribution is -2.37. The molecular formula is C19H21Cl2NO3. The number of alkyl carbamates (subject to hydrolysis) is 1. The Morgan fingerprint density at radius 1 is 0.960 bits per heavy atom. The van der Waals surface area contributed by atoms with Gasteiger partial charge in [-0.1, -0.05) is 47.5 Å². The molecule has 2 rings (SSSR count). The predicted molar refractivity (Wildman–Crippen MR) is 100.0 cm³/mol. The molecule has 25 heavy (non-hydrogen) atoms. The first-order chi connectivity index (χ1) is 11.7. The third kappa shape index (κ3) is 5.92. The normalized spacial score (nSPS) is 13.8. The van der Waals surface area contributed by atoms with Crippen molar-refractivity contribution >= 4 is 29.3 Å². The predicted octanol–water partition coefficient (Wildman–Crippen LogP) is 5.29. The minimum Gasteiger partial charge on any atom is -0.444 e. The van der Waals surface area contributed by atoms with E-state index in [0.717, 1.165) is 0 Å². The quantitative estimate of drug-likeness (QED) is 0.755. The summed E-state index contributed by atoms with van der Waals surface area (Å²) in [7, 11) is 0. The van der Waals surface area contributed by atoms with Crippen LogP contribution in [0, 0.1) is 0 Å². The second-order valence-corrected chi connectivity index (χ2v) is 7.54. The van der Waals surface area contributed by atoms with E-state index < -0.39 is 23.8 Å². The zero-order valence-electron chi connectivity index (χ0n) is 14.3. The number of carbonyl (C=O) groups is 1. The van der Waals surface area contributed by atoms with Crippen LogP contribution in [0.3, 0.4) is 0 Å². The molecule has 0 aliphatic rings. The van der Waals surface area contributed by atoms with Gasteiger partial charge in [-0.2, -0.15) is 0 Å². The van der Waals surface area contributed by atoms with E-state index in [1.165, 1.54) is 0 Å². The molecule has 134 valence electrons. The van der Waals surface area contributed by atoms with Gasteiger partial charge in [0.2, 0.25) is 0 Å². The van der Waals surface area contributed by atoms with Crippen LogP contribution >= 0.6 is 23.2 Å². The Morgan fingerprint density at radius 3 is 1.84 bits per heavy atom. The number of aliphatic hydroxyl groups is 1. The van der Waals surface area contributed by atoms with Crippen LogP contribution in [-0.4, -0.2) is 16.8 Å². The van der Waals surface area contributed by atoms with Gasteiger partial charge in [-0.25, -0.2) is 4.79 Å². The van der Waals surface area contributed by atoms with Gasteiger partial charge in [0.1, 0.15) is 11.7 Å². The molecule has 0 radical (unpaired) electrons. The maximum atomic E-state index is 12.2. The molecule has 0 spiro atoms. The van der Waals surface area contributed by atoms with Crippen molar-refractivity contribution in [1.29, 1.82) is 0 Å². The summed E-state index contributed by atoms with van der Waals surface area (Å²) in [6, 6.07) is 13.0. The van der Waals surface area contributed by atoms with Gasteiger partial charge in [0.15, 0.2) is 0 Å². The van der Waals surface area contributed by atoms with Gasteiger partial charge in [-0.15, -0.1) is 0 Å². The lowest BCUT2D eigenvalue weighted by Gasteiger charge is -2.27. The van der Waals surface area contributed by atoms with Crippen LogP contribution in [0.4, 0.5) is 4.79 Å². The van der Waals surface area contributed by atoms with Crippen LogP contribution in [0.2, 0.25) is 10.0 Å². The van der Waals surface area contributed by atoms with Crippen molar-refractivity contribution in [3.63, 3.8) is 0 Å². The fourth-order valence-electron chi connectivity index (χ4n) is 2.30. The minimum atomic E-state index is -0.981. The van der Waals surface area contributed by atoms with Crippen LogP contribution in [0.5, 0.6) is 0 Å². The van der Waals surface area contributed by atoms with Crippen LogP contribution in [0.25, 0.3) is 0 Å². The monoisotopic (exact) mass is 381 g/mol. The largest absolute Gasteiger partial charge is 0.444 e. The van der Waals surface area contributed by atoms with E-state index >= 15 is 0 Å². The summed E-state index contributed by atoms with van der Waals surface area (Å²) in [5, 5.41) is 14.7. The standard InChI is InChI=1S/C19H21Cl2NO3/c1-19(2,3)25-18(24)22-16(12-4-8-14(20)9-5-12)17(23)13-6-10-15(21)11-7-13/h4-11,16-17,23H,1-3H3,(H,22,24)/t16-,17?/m1/s1. The number of halogens is 2. The third-order valence-electron chi connectivity index (χ3n) is 3.43. The number of amides is 1. The number of carbonyl (C=O) groups excluding carboxylic acids is 1. The summed E-state index contributed by atoms with van der Waals surface area (Å²) >= 11 is 11.8. The summed E-state index contributed by atoms with van der Waals surface area (Å²) in [5.41, 5.74) is 0.693. The molecule has 1 unspecified atom stereocenters. The van der Waals surface area contributed by atoms with Crippen LogP contribution in [0.1, 0.15) is 44.0 Å². The number of nitrogens with one attached hydrogen (secondary N) is 1. The Balaban J connectivity index is 2.29. The summed E-state index contributed by atoms with van der Waals surface area (Å²) < 4.78 is 5.31. The van der Waals surface area contributed by atoms with Gasteiger partial charge in [-0.05, 0) is 56.2 Å². The molecule has 0 saturated carbocycles. The van der Waals surface area contributed by atoms with Gasteiger partial charge >= 0.3 is 6.09 Å². The number of ether oxygens (including phenoxy) is 1. The molecule has 2 aromatic carbocycles. The highest BCUT2D eigenvalue weighted by molar-refractivity contribution is 6.30. The number of hydrogen-bond donors (Lipinski definition) is 2. The molecule has 0 aromatic heterocycles. The van der Waals surface area contributed by atoms with Crippen LogP contribution in [-0.2, 0) is 4.74 Å². The van der Waals surface area contributed by atoms with Crippen molar-refractivity contribution in [2.45, 2.75) is 38.5 Å². The zero-order valence-corrected chi connectivity index (χ0v) is 15.8. The first kappa shape index (κ1) is 19.6. The maximum Gasteiger partial charge on any atom is 0.408 e. The topological polar surface area (TPSA) is 58.6 Å². The first-order valence-corrected chi connectivity index (χ1v) is 8.60. The highest BCUT2D eigenvalue weighted by atomic mass is 35.5. The van der Waals surface area contributed by atoms with E-state index in [-0.39, 0.29) is 0 Å². The molecule has 0 bridgehead atoms. The lowest BCUT2D eigenvalue weighted by molar-refractivity contribution is 0.0419. The Morgan fingerprint density at radius 2 is 1.40 bits per heavy atom. The van der Waals surface area contributed by atoms with Crippen molar-refractivity contribution in [1.82, 2.24) is 5.32 Å². The second kappa shape index (κ2) is 8.09. The zero-order chi connectivity index (χ0) is 18.6. The van der Waals surface area contributed by atoms with E-state index in [2.05, 4.69) is 5.32 Å². The van der Waals surface area contributed by atoms with Gasteiger partial charge in [0.05, 0.1) is 6.04 Å². The molecular weight excluding hydrogens is 361 g/mol. The average Bonchev–Trinajstić information content (AvgIpc) is 2.52. The number of rotatable bonds is 4. The van der Waals surface area contributed by atoms with Crippen molar-refractivity contribution in [2.24, 2.45) is 0 Å². The molecule has 2 N–H and O–H groups in total. The smallest absolute Gasteiger partial charge is 0.408 e. The van der Waals surface area contributed by atoms with E-state index in [9.17, 15) is 9.90 Å². The minimum absolute atomic E-state index is 0.569. The van der Waals surface area contributed by atoms with E-state index in [4.69, 9.17) is 27.9 Å². The average molecular weight is 382 g/mol. The Bertz CT molecular complexity index is 709. The number of benzene rings is 2. The van der Waals surface area contributed by atoms with E-state index in [1.807, 2.05) is 0 Å². The van der Waals surface area contributed by atoms with E-state index in [1.54, 1.807) is 69.3 Å². The van der Waals surface area contributed by atoms with Crippen LogP contribution < -0.4 is 5.32 Å². The molecule has 0 aliphatic carbocycles. The van der Waals surface area contributed by atoms with Crippen molar-refractivity contribution in [3.05, 3.63) is 69.7 Å². The lowest BCUT2D eigenvalue weighted by atomic mass is 9.96. The fourth-order valence-corrected chi connectivity index (χ4v) is 2.55. The summed E-state index contributed by atoms with van der Waals surface area (Å²) in [6.45, 7) is 5.33. The summed E-state index contributed by atoms with van der Waals surface area (Å²) in [4.78, 5) is 12.2. The van der Waals surface area contributed by atoms with Crippen molar-refractivity contribution in [3.8, 4) is 0 Å².